The second-order valence-electron chi connectivity index (χ2n) is 6.56. The Morgan fingerprint density at radius 1 is 1.21 bits per heavy atom. The van der Waals surface area contributed by atoms with E-state index >= 15 is 0 Å². The first kappa shape index (κ1) is 17.2. The van der Waals surface area contributed by atoms with Crippen molar-refractivity contribution in [3.63, 3.8) is 0 Å². The van der Waals surface area contributed by atoms with E-state index in [4.69, 9.17) is 0 Å². The van der Waals surface area contributed by atoms with Crippen molar-refractivity contribution >= 4 is 5.91 Å². The summed E-state index contributed by atoms with van der Waals surface area (Å²) in [6.45, 7) is 0.765. The minimum absolute atomic E-state index is 0.0868. The Hall–Kier alpha value is -1.63. The molecule has 1 heterocycles. The maximum atomic E-state index is 14.2. The van der Waals surface area contributed by atoms with Crippen LogP contribution in [-0.4, -0.2) is 18.5 Å². The third-order valence-electron chi connectivity index (χ3n) is 4.68. The van der Waals surface area contributed by atoms with E-state index in [0.29, 0.717) is 6.07 Å². The highest BCUT2D eigenvalue weighted by Crippen LogP contribution is 2.42. The summed E-state index contributed by atoms with van der Waals surface area (Å²) in [6.07, 6.45) is -0.216. The molecule has 3 nitrogen and oxygen atoms in total. The van der Waals surface area contributed by atoms with Gasteiger partial charge in [-0.05, 0) is 50.3 Å². The Labute approximate surface area is 137 Å². The van der Waals surface area contributed by atoms with E-state index in [9.17, 15) is 22.4 Å². The van der Waals surface area contributed by atoms with Crippen molar-refractivity contribution < 1.29 is 22.4 Å². The van der Waals surface area contributed by atoms with Crippen LogP contribution >= 0.6 is 0 Å². The average Bonchev–Trinajstić information content (AvgIpc) is 3.37. The molecule has 2 N–H and O–H groups in total. The first-order chi connectivity index (χ1) is 11.4. The fourth-order valence-electron chi connectivity index (χ4n) is 3.16. The molecular weight excluding hydrogens is 324 g/mol. The number of hydrogen-bond acceptors (Lipinski definition) is 2. The molecule has 1 unspecified atom stereocenters. The number of halogens is 4. The van der Waals surface area contributed by atoms with Gasteiger partial charge in [-0.3, -0.25) is 4.79 Å². The van der Waals surface area contributed by atoms with Gasteiger partial charge in [0.2, 0.25) is 5.91 Å². The highest BCUT2D eigenvalue weighted by atomic mass is 19.4. The molecule has 1 amide bonds. The van der Waals surface area contributed by atoms with E-state index in [1.807, 2.05) is 0 Å². The van der Waals surface area contributed by atoms with Crippen LogP contribution in [0, 0.1) is 11.7 Å². The number of benzene rings is 1. The lowest BCUT2D eigenvalue weighted by Crippen LogP contribution is -2.48. The molecule has 0 bridgehead atoms. The van der Waals surface area contributed by atoms with Crippen molar-refractivity contribution in [1.29, 1.82) is 0 Å². The van der Waals surface area contributed by atoms with Crippen LogP contribution in [0.3, 0.4) is 0 Å². The molecular formula is C17H20F4N2O. The van der Waals surface area contributed by atoms with Crippen molar-refractivity contribution in [3.8, 4) is 0 Å². The number of nitrogens with one attached hydrogen (secondary N) is 2. The topological polar surface area (TPSA) is 41.1 Å². The summed E-state index contributed by atoms with van der Waals surface area (Å²) in [5.74, 6) is -1.03. The zero-order valence-electron chi connectivity index (χ0n) is 13.1. The van der Waals surface area contributed by atoms with Crippen LogP contribution in [0.2, 0.25) is 0 Å². The number of carbonyl (C=O) groups is 1. The second kappa shape index (κ2) is 6.70. The zero-order valence-corrected chi connectivity index (χ0v) is 13.1. The smallest absolute Gasteiger partial charge is 0.348 e. The molecule has 2 aliphatic rings. The van der Waals surface area contributed by atoms with Crippen molar-refractivity contribution in [2.75, 3.05) is 6.54 Å². The summed E-state index contributed by atoms with van der Waals surface area (Å²) in [6, 6.07) is 1.66. The molecule has 1 aromatic rings. The lowest BCUT2D eigenvalue weighted by molar-refractivity contribution is -0.137. The minimum Gasteiger partial charge on any atom is -0.348 e. The molecule has 2 atom stereocenters. The minimum atomic E-state index is -4.58. The predicted octanol–water partition coefficient (Wildman–Crippen LogP) is 3.55. The highest BCUT2D eigenvalue weighted by Gasteiger charge is 2.38. The number of piperidine rings is 1. The fraction of sp³-hybridized carbons (Fsp3) is 0.588. The standard InChI is InChI=1S/C17H20F4N2O/c18-13-9-11(17(19,20)21)6-7-12(13)15(10-4-5-10)23-16(24)14-3-1-2-8-22-14/h6-7,9-10,14-15,22H,1-5,8H2,(H,23,24)/t14-,15?/m1/s1. The average molecular weight is 344 g/mol. The van der Waals surface area contributed by atoms with Gasteiger partial charge in [0.25, 0.3) is 0 Å². The lowest BCUT2D eigenvalue weighted by Gasteiger charge is -2.26. The Kier molecular flexibility index (Phi) is 4.80. The molecule has 24 heavy (non-hydrogen) atoms. The summed E-state index contributed by atoms with van der Waals surface area (Å²) < 4.78 is 52.3. The van der Waals surface area contributed by atoms with Crippen molar-refractivity contribution in [2.45, 2.75) is 50.4 Å². The normalized spacial score (nSPS) is 22.9. The van der Waals surface area contributed by atoms with Crippen LogP contribution in [-0.2, 0) is 11.0 Å². The summed E-state index contributed by atoms with van der Waals surface area (Å²) in [7, 11) is 0. The molecule has 7 heteroatoms. The van der Waals surface area contributed by atoms with Crippen LogP contribution in [0.5, 0.6) is 0 Å². The van der Waals surface area contributed by atoms with Gasteiger partial charge in [0.1, 0.15) is 5.82 Å². The Morgan fingerprint density at radius 3 is 2.50 bits per heavy atom. The molecule has 1 aliphatic heterocycles. The van der Waals surface area contributed by atoms with Gasteiger partial charge in [-0.15, -0.1) is 0 Å². The third kappa shape index (κ3) is 3.88. The number of carbonyl (C=O) groups excluding carboxylic acids is 1. The molecule has 0 aromatic heterocycles. The van der Waals surface area contributed by atoms with Crippen LogP contribution in [0.15, 0.2) is 18.2 Å². The summed E-state index contributed by atoms with van der Waals surface area (Å²) in [5.41, 5.74) is -0.881. The molecule has 1 aromatic carbocycles. The molecule has 132 valence electrons. The van der Waals surface area contributed by atoms with Gasteiger partial charge in [0, 0.05) is 5.56 Å². The SMILES string of the molecule is O=C(NC(c1ccc(C(F)(F)F)cc1F)C1CC1)[C@H]1CCCCN1. The van der Waals surface area contributed by atoms with Gasteiger partial charge < -0.3 is 10.6 Å². The van der Waals surface area contributed by atoms with E-state index in [1.54, 1.807) is 0 Å². The molecule has 1 saturated heterocycles. The second-order valence-corrected chi connectivity index (χ2v) is 6.56. The van der Waals surface area contributed by atoms with Crippen molar-refractivity contribution in [3.05, 3.63) is 35.1 Å². The van der Waals surface area contributed by atoms with Crippen LogP contribution in [0.4, 0.5) is 17.6 Å². The number of alkyl halides is 3. The Balaban J connectivity index is 1.77. The van der Waals surface area contributed by atoms with Gasteiger partial charge in [-0.25, -0.2) is 4.39 Å². The maximum Gasteiger partial charge on any atom is 0.416 e. The van der Waals surface area contributed by atoms with Gasteiger partial charge in [-0.2, -0.15) is 13.2 Å². The number of rotatable bonds is 4. The number of hydrogen-bond donors (Lipinski definition) is 2. The first-order valence-electron chi connectivity index (χ1n) is 8.26. The quantitative estimate of drug-likeness (QED) is 0.820. The summed E-state index contributed by atoms with van der Waals surface area (Å²) in [4.78, 5) is 12.4. The summed E-state index contributed by atoms with van der Waals surface area (Å²) in [5, 5.41) is 5.97. The molecule has 1 saturated carbocycles. The van der Waals surface area contributed by atoms with E-state index < -0.39 is 23.6 Å². The number of amides is 1. The summed E-state index contributed by atoms with van der Waals surface area (Å²) >= 11 is 0. The molecule has 3 rings (SSSR count). The molecule has 0 spiro atoms. The maximum absolute atomic E-state index is 14.2. The monoisotopic (exact) mass is 344 g/mol. The van der Waals surface area contributed by atoms with E-state index in [-0.39, 0.29) is 23.4 Å². The van der Waals surface area contributed by atoms with Crippen LogP contribution < -0.4 is 10.6 Å². The zero-order chi connectivity index (χ0) is 17.3. The van der Waals surface area contributed by atoms with Crippen LogP contribution in [0.1, 0.15) is 49.3 Å². The van der Waals surface area contributed by atoms with Crippen molar-refractivity contribution in [2.24, 2.45) is 5.92 Å². The molecule has 2 fully saturated rings. The van der Waals surface area contributed by atoms with Crippen molar-refractivity contribution in [1.82, 2.24) is 10.6 Å². The Morgan fingerprint density at radius 2 is 1.96 bits per heavy atom. The van der Waals surface area contributed by atoms with E-state index in [2.05, 4.69) is 10.6 Å². The van der Waals surface area contributed by atoms with Gasteiger partial charge in [0.05, 0.1) is 17.6 Å². The molecule has 0 radical (unpaired) electrons. The lowest BCUT2D eigenvalue weighted by atomic mass is 9.98. The van der Waals surface area contributed by atoms with E-state index in [0.717, 1.165) is 50.8 Å². The van der Waals surface area contributed by atoms with Crippen LogP contribution in [0.25, 0.3) is 0 Å². The first-order valence-corrected chi connectivity index (χ1v) is 8.26. The highest BCUT2D eigenvalue weighted by molar-refractivity contribution is 5.82. The fourth-order valence-corrected chi connectivity index (χ4v) is 3.16. The molecule has 1 aliphatic carbocycles. The Bertz CT molecular complexity index is 607. The largest absolute Gasteiger partial charge is 0.416 e. The van der Waals surface area contributed by atoms with Gasteiger partial charge >= 0.3 is 6.18 Å². The van der Waals surface area contributed by atoms with Gasteiger partial charge in [0.15, 0.2) is 0 Å². The van der Waals surface area contributed by atoms with Gasteiger partial charge in [-0.1, -0.05) is 12.5 Å². The van der Waals surface area contributed by atoms with E-state index in [1.165, 1.54) is 0 Å². The predicted molar refractivity (Wildman–Crippen MR) is 80.7 cm³/mol. The third-order valence-corrected chi connectivity index (χ3v) is 4.68.